The SMILES string of the molecule is CCCCNCC1COc2cc(Cl)cc(OCC)c2O1.Cl. The summed E-state index contributed by atoms with van der Waals surface area (Å²) in [5.41, 5.74) is 0. The molecule has 1 unspecified atom stereocenters. The fourth-order valence-corrected chi connectivity index (χ4v) is 2.28. The molecule has 0 saturated heterocycles. The van der Waals surface area contributed by atoms with Crippen LogP contribution in [0.1, 0.15) is 26.7 Å². The maximum Gasteiger partial charge on any atom is 0.204 e. The Morgan fingerprint density at radius 3 is 2.90 bits per heavy atom. The molecule has 1 aromatic rings. The molecule has 0 spiro atoms. The third kappa shape index (κ3) is 5.13. The molecule has 1 atom stereocenters. The maximum absolute atomic E-state index is 6.04. The first-order valence-corrected chi connectivity index (χ1v) is 7.58. The molecule has 4 nitrogen and oxygen atoms in total. The predicted octanol–water partition coefficient (Wildman–Crippen LogP) is 3.69. The first-order chi connectivity index (χ1) is 9.74. The number of fused-ring (bicyclic) bond motifs is 1. The second-order valence-electron chi connectivity index (χ2n) is 4.77. The van der Waals surface area contributed by atoms with Gasteiger partial charge < -0.3 is 19.5 Å². The highest BCUT2D eigenvalue weighted by Crippen LogP contribution is 2.42. The average molecular weight is 336 g/mol. The van der Waals surface area contributed by atoms with Crippen LogP contribution in [0.4, 0.5) is 0 Å². The number of ether oxygens (including phenoxy) is 3. The van der Waals surface area contributed by atoms with Gasteiger partial charge in [-0.3, -0.25) is 0 Å². The van der Waals surface area contributed by atoms with Gasteiger partial charge in [-0.15, -0.1) is 12.4 Å². The first-order valence-electron chi connectivity index (χ1n) is 7.21. The second kappa shape index (κ2) is 9.23. The van der Waals surface area contributed by atoms with Gasteiger partial charge in [0.15, 0.2) is 11.5 Å². The van der Waals surface area contributed by atoms with Crippen LogP contribution in [-0.4, -0.2) is 32.4 Å². The van der Waals surface area contributed by atoms with E-state index in [0.29, 0.717) is 35.5 Å². The second-order valence-corrected chi connectivity index (χ2v) is 5.21. The fraction of sp³-hybridized carbons (Fsp3) is 0.600. The molecule has 1 aliphatic rings. The van der Waals surface area contributed by atoms with Crippen LogP contribution in [0.3, 0.4) is 0 Å². The van der Waals surface area contributed by atoms with E-state index in [9.17, 15) is 0 Å². The van der Waals surface area contributed by atoms with E-state index in [2.05, 4.69) is 12.2 Å². The molecule has 0 amide bonds. The van der Waals surface area contributed by atoms with Gasteiger partial charge in [-0.1, -0.05) is 24.9 Å². The smallest absolute Gasteiger partial charge is 0.204 e. The van der Waals surface area contributed by atoms with E-state index in [1.165, 1.54) is 12.8 Å². The van der Waals surface area contributed by atoms with Crippen LogP contribution in [0.2, 0.25) is 5.02 Å². The normalized spacial score (nSPS) is 16.2. The molecule has 21 heavy (non-hydrogen) atoms. The van der Waals surface area contributed by atoms with Gasteiger partial charge in [-0.05, 0) is 19.9 Å². The fourth-order valence-electron chi connectivity index (χ4n) is 2.08. The molecule has 0 saturated carbocycles. The minimum absolute atomic E-state index is 0. The molecule has 1 aliphatic heterocycles. The van der Waals surface area contributed by atoms with Crippen molar-refractivity contribution in [1.29, 1.82) is 0 Å². The van der Waals surface area contributed by atoms with Crippen LogP contribution in [0, 0.1) is 0 Å². The molecule has 0 fully saturated rings. The van der Waals surface area contributed by atoms with Gasteiger partial charge in [0.1, 0.15) is 12.7 Å². The lowest BCUT2D eigenvalue weighted by Gasteiger charge is -2.28. The minimum atomic E-state index is -0.000243. The predicted molar refractivity (Wildman–Crippen MR) is 87.6 cm³/mol. The summed E-state index contributed by atoms with van der Waals surface area (Å²) in [6, 6.07) is 3.53. The molecule has 1 N–H and O–H groups in total. The van der Waals surface area contributed by atoms with E-state index in [0.717, 1.165) is 13.1 Å². The third-order valence-electron chi connectivity index (χ3n) is 3.07. The molecule has 0 aliphatic carbocycles. The van der Waals surface area contributed by atoms with Gasteiger partial charge in [0.05, 0.1) is 6.61 Å². The Kier molecular flexibility index (Phi) is 8.01. The molecule has 0 radical (unpaired) electrons. The van der Waals surface area contributed by atoms with Gasteiger partial charge in [0.2, 0.25) is 5.75 Å². The highest BCUT2D eigenvalue weighted by molar-refractivity contribution is 6.31. The zero-order chi connectivity index (χ0) is 14.4. The molecule has 2 rings (SSSR count). The molecule has 120 valence electrons. The monoisotopic (exact) mass is 335 g/mol. The number of nitrogens with one attached hydrogen (secondary N) is 1. The van der Waals surface area contributed by atoms with Gasteiger partial charge in [0.25, 0.3) is 0 Å². The van der Waals surface area contributed by atoms with Crippen molar-refractivity contribution < 1.29 is 14.2 Å². The number of rotatable bonds is 7. The summed E-state index contributed by atoms with van der Waals surface area (Å²) in [5, 5.41) is 3.97. The molecule has 1 heterocycles. The van der Waals surface area contributed by atoms with Crippen molar-refractivity contribution in [3.05, 3.63) is 17.2 Å². The summed E-state index contributed by atoms with van der Waals surface area (Å²) in [4.78, 5) is 0. The van der Waals surface area contributed by atoms with Gasteiger partial charge in [0, 0.05) is 23.7 Å². The maximum atomic E-state index is 6.04. The minimum Gasteiger partial charge on any atom is -0.490 e. The number of benzene rings is 1. The van der Waals surface area contributed by atoms with Crippen LogP contribution >= 0.6 is 24.0 Å². The van der Waals surface area contributed by atoms with Crippen molar-refractivity contribution in [2.45, 2.75) is 32.8 Å². The molecular weight excluding hydrogens is 313 g/mol. The Morgan fingerprint density at radius 2 is 2.19 bits per heavy atom. The highest BCUT2D eigenvalue weighted by atomic mass is 35.5. The summed E-state index contributed by atoms with van der Waals surface area (Å²) in [6.07, 6.45) is 2.36. The third-order valence-corrected chi connectivity index (χ3v) is 3.29. The summed E-state index contributed by atoms with van der Waals surface area (Å²) in [6.45, 7) is 6.97. The summed E-state index contributed by atoms with van der Waals surface area (Å²) < 4.78 is 17.3. The van der Waals surface area contributed by atoms with Gasteiger partial charge in [-0.25, -0.2) is 0 Å². The van der Waals surface area contributed by atoms with Crippen molar-refractivity contribution in [3.63, 3.8) is 0 Å². The zero-order valence-corrected chi connectivity index (χ0v) is 14.1. The molecule has 0 aromatic heterocycles. The lowest BCUT2D eigenvalue weighted by Crippen LogP contribution is -2.38. The van der Waals surface area contributed by atoms with E-state index in [1.807, 2.05) is 6.92 Å². The Labute approximate surface area is 137 Å². The number of unbranched alkanes of at least 4 members (excludes halogenated alkanes) is 1. The lowest BCUT2D eigenvalue weighted by molar-refractivity contribution is 0.0855. The van der Waals surface area contributed by atoms with Crippen molar-refractivity contribution >= 4 is 24.0 Å². The number of hydrogen-bond acceptors (Lipinski definition) is 4. The molecule has 6 heteroatoms. The average Bonchev–Trinajstić information content (AvgIpc) is 2.44. The Bertz CT molecular complexity index is 443. The van der Waals surface area contributed by atoms with E-state index < -0.39 is 0 Å². The van der Waals surface area contributed by atoms with Gasteiger partial charge in [-0.2, -0.15) is 0 Å². The van der Waals surface area contributed by atoms with E-state index in [4.69, 9.17) is 25.8 Å². The van der Waals surface area contributed by atoms with Crippen molar-refractivity contribution in [3.8, 4) is 17.2 Å². The number of halogens is 2. The largest absolute Gasteiger partial charge is 0.490 e. The van der Waals surface area contributed by atoms with Crippen LogP contribution in [0.25, 0.3) is 0 Å². The summed E-state index contributed by atoms with van der Waals surface area (Å²) in [5.74, 6) is 1.96. The van der Waals surface area contributed by atoms with Crippen LogP contribution in [-0.2, 0) is 0 Å². The van der Waals surface area contributed by atoms with Crippen molar-refractivity contribution in [2.24, 2.45) is 0 Å². The summed E-state index contributed by atoms with van der Waals surface area (Å²) >= 11 is 6.04. The highest BCUT2D eigenvalue weighted by Gasteiger charge is 2.25. The molecular formula is C15H23Cl2NO3. The Morgan fingerprint density at radius 1 is 1.38 bits per heavy atom. The van der Waals surface area contributed by atoms with E-state index >= 15 is 0 Å². The topological polar surface area (TPSA) is 39.7 Å². The van der Waals surface area contributed by atoms with E-state index in [-0.39, 0.29) is 18.5 Å². The van der Waals surface area contributed by atoms with E-state index in [1.54, 1.807) is 12.1 Å². The van der Waals surface area contributed by atoms with Gasteiger partial charge >= 0.3 is 0 Å². The first kappa shape index (κ1) is 18.2. The van der Waals surface area contributed by atoms with Crippen LogP contribution in [0.5, 0.6) is 17.2 Å². The number of hydrogen-bond donors (Lipinski definition) is 1. The van der Waals surface area contributed by atoms with Crippen molar-refractivity contribution in [1.82, 2.24) is 5.32 Å². The zero-order valence-electron chi connectivity index (χ0n) is 12.5. The lowest BCUT2D eigenvalue weighted by atomic mass is 10.2. The molecule has 0 bridgehead atoms. The quantitative estimate of drug-likeness (QED) is 0.771. The summed E-state index contributed by atoms with van der Waals surface area (Å²) in [7, 11) is 0. The van der Waals surface area contributed by atoms with Crippen LogP contribution in [0.15, 0.2) is 12.1 Å². The Hall–Kier alpha value is -0.840. The van der Waals surface area contributed by atoms with Crippen LogP contribution < -0.4 is 19.5 Å². The van der Waals surface area contributed by atoms with Crippen molar-refractivity contribution in [2.75, 3.05) is 26.3 Å². The standard InChI is InChI=1S/C15H22ClNO3.ClH/c1-3-5-6-17-9-12-10-19-14-8-11(16)7-13(18-4-2)15(14)20-12;/h7-8,12,17H,3-6,9-10H2,1-2H3;1H. The molecule has 1 aromatic carbocycles. The Balaban J connectivity index is 0.00000220.